The number of carbonyl (C=O) groups is 2. The number of thiazole rings is 1. The van der Waals surface area contributed by atoms with Gasteiger partial charge in [-0.2, -0.15) is 0 Å². The number of benzene rings is 2. The van der Waals surface area contributed by atoms with Crippen LogP contribution < -0.4 is 10.1 Å². The van der Waals surface area contributed by atoms with Crippen molar-refractivity contribution < 1.29 is 24.2 Å². The standard InChI is InChI=1S/C29H32Cl2N2O5S/c1-5-6-7-8-12-25(37-3)20-11-9-10-19(26(20)38-4)24-16-39-29(32-24)33-27(34)18-14-22(30)21(23(31)15-18)13-17(2)28(35)36/h9-11,13-16,25H,5-8,12H2,1-4H3,(H,35,36)(H,32,33,34)/t25-/m1/s1. The first-order valence-electron chi connectivity index (χ1n) is 12.6. The van der Waals surface area contributed by atoms with Gasteiger partial charge in [-0.1, -0.05) is 67.9 Å². The summed E-state index contributed by atoms with van der Waals surface area (Å²) in [5.41, 5.74) is 3.05. The van der Waals surface area contributed by atoms with Gasteiger partial charge in [-0.15, -0.1) is 11.3 Å². The topological polar surface area (TPSA) is 97.8 Å². The SMILES string of the molecule is CCCCCC[C@@H](OC)c1cccc(-c2csc(NC(=O)c3cc(Cl)c(C=C(C)C(=O)O)c(Cl)c3)n2)c1OC. The molecule has 1 amide bonds. The summed E-state index contributed by atoms with van der Waals surface area (Å²) in [5.74, 6) is -0.838. The van der Waals surface area contributed by atoms with Crippen LogP contribution in [0, 0.1) is 0 Å². The Kier molecular flexibility index (Phi) is 11.4. The van der Waals surface area contributed by atoms with E-state index >= 15 is 0 Å². The molecule has 0 bridgehead atoms. The Balaban J connectivity index is 1.82. The predicted octanol–water partition coefficient (Wildman–Crippen LogP) is 8.52. The third-order valence-electron chi connectivity index (χ3n) is 6.24. The largest absolute Gasteiger partial charge is 0.496 e. The molecule has 0 fully saturated rings. The second kappa shape index (κ2) is 14.5. The van der Waals surface area contributed by atoms with Crippen LogP contribution in [0.25, 0.3) is 17.3 Å². The van der Waals surface area contributed by atoms with Crippen molar-refractivity contribution in [1.82, 2.24) is 4.98 Å². The lowest BCUT2D eigenvalue weighted by Crippen LogP contribution is -2.12. The van der Waals surface area contributed by atoms with E-state index in [2.05, 4.69) is 17.2 Å². The number of unbranched alkanes of at least 4 members (excludes halogenated alkanes) is 3. The summed E-state index contributed by atoms with van der Waals surface area (Å²) in [4.78, 5) is 28.7. The Morgan fingerprint density at radius 3 is 2.49 bits per heavy atom. The van der Waals surface area contributed by atoms with Crippen molar-refractivity contribution in [1.29, 1.82) is 0 Å². The number of hydrogen-bond donors (Lipinski definition) is 2. The summed E-state index contributed by atoms with van der Waals surface area (Å²) < 4.78 is 11.6. The van der Waals surface area contributed by atoms with Crippen LogP contribution >= 0.6 is 34.5 Å². The second-order valence-electron chi connectivity index (χ2n) is 8.98. The summed E-state index contributed by atoms with van der Waals surface area (Å²) in [6, 6.07) is 8.77. The Bertz CT molecular complexity index is 1330. The molecule has 2 aromatic carbocycles. The number of aromatic nitrogens is 1. The number of amides is 1. The van der Waals surface area contributed by atoms with Crippen LogP contribution in [0.1, 0.15) is 73.5 Å². The van der Waals surface area contributed by atoms with Crippen molar-refractivity contribution in [3.63, 3.8) is 0 Å². The fraction of sp³-hybridized carbons (Fsp3) is 0.345. The van der Waals surface area contributed by atoms with E-state index in [9.17, 15) is 9.59 Å². The van der Waals surface area contributed by atoms with E-state index < -0.39 is 11.9 Å². The number of nitrogens with one attached hydrogen (secondary N) is 1. The van der Waals surface area contributed by atoms with Crippen molar-refractivity contribution >= 4 is 57.6 Å². The Hall–Kier alpha value is -2.91. The molecule has 1 aromatic heterocycles. The van der Waals surface area contributed by atoms with Crippen LogP contribution in [0.15, 0.2) is 41.3 Å². The van der Waals surface area contributed by atoms with Crippen molar-refractivity contribution in [3.8, 4) is 17.0 Å². The molecule has 0 aliphatic rings. The maximum Gasteiger partial charge on any atom is 0.331 e. The van der Waals surface area contributed by atoms with Crippen LogP contribution in [0.5, 0.6) is 5.75 Å². The molecule has 1 heterocycles. The first kappa shape index (κ1) is 30.6. The van der Waals surface area contributed by atoms with Gasteiger partial charge in [0.15, 0.2) is 5.13 Å². The van der Waals surface area contributed by atoms with E-state index in [1.165, 1.54) is 49.3 Å². The van der Waals surface area contributed by atoms with E-state index in [0.29, 0.717) is 22.1 Å². The van der Waals surface area contributed by atoms with Gasteiger partial charge < -0.3 is 14.6 Å². The highest BCUT2D eigenvalue weighted by Gasteiger charge is 2.21. The lowest BCUT2D eigenvalue weighted by molar-refractivity contribution is -0.132. The van der Waals surface area contributed by atoms with E-state index in [-0.39, 0.29) is 27.3 Å². The van der Waals surface area contributed by atoms with Crippen LogP contribution in [0.3, 0.4) is 0 Å². The van der Waals surface area contributed by atoms with E-state index in [1.54, 1.807) is 14.2 Å². The minimum absolute atomic E-state index is 0.0686. The second-order valence-corrected chi connectivity index (χ2v) is 10.7. The highest BCUT2D eigenvalue weighted by atomic mass is 35.5. The van der Waals surface area contributed by atoms with Gasteiger partial charge >= 0.3 is 5.97 Å². The molecule has 3 rings (SSSR count). The highest BCUT2D eigenvalue weighted by molar-refractivity contribution is 7.14. The fourth-order valence-electron chi connectivity index (χ4n) is 4.15. The lowest BCUT2D eigenvalue weighted by Gasteiger charge is -2.20. The van der Waals surface area contributed by atoms with E-state index in [4.69, 9.17) is 37.8 Å². The summed E-state index contributed by atoms with van der Waals surface area (Å²) in [6.07, 6.45) is 6.76. The molecule has 0 spiro atoms. The maximum atomic E-state index is 12.9. The minimum Gasteiger partial charge on any atom is -0.496 e. The average Bonchev–Trinajstić information content (AvgIpc) is 3.38. The molecular weight excluding hydrogens is 559 g/mol. The number of carboxylic acids is 1. The zero-order chi connectivity index (χ0) is 28.5. The number of nitrogens with zero attached hydrogens (tertiary/aromatic N) is 1. The Labute approximate surface area is 242 Å². The molecule has 0 saturated carbocycles. The van der Waals surface area contributed by atoms with Gasteiger partial charge in [-0.3, -0.25) is 10.1 Å². The number of aliphatic carboxylic acids is 1. The number of hydrogen-bond acceptors (Lipinski definition) is 6. The Morgan fingerprint density at radius 2 is 1.87 bits per heavy atom. The van der Waals surface area contributed by atoms with Crippen LogP contribution in [0.2, 0.25) is 10.0 Å². The number of ether oxygens (including phenoxy) is 2. The normalized spacial score (nSPS) is 12.3. The molecule has 3 aromatic rings. The summed E-state index contributed by atoms with van der Waals surface area (Å²) >= 11 is 13.9. The quantitative estimate of drug-likeness (QED) is 0.153. The van der Waals surface area contributed by atoms with Gasteiger partial charge in [0.25, 0.3) is 5.91 Å². The molecule has 1 atom stereocenters. The monoisotopic (exact) mass is 590 g/mol. The smallest absolute Gasteiger partial charge is 0.331 e. The zero-order valence-electron chi connectivity index (χ0n) is 22.3. The van der Waals surface area contributed by atoms with Gasteiger partial charge in [-0.25, -0.2) is 9.78 Å². The van der Waals surface area contributed by atoms with Gasteiger partial charge in [0.1, 0.15) is 5.75 Å². The Morgan fingerprint density at radius 1 is 1.15 bits per heavy atom. The van der Waals surface area contributed by atoms with Gasteiger partial charge in [0, 0.05) is 40.3 Å². The van der Waals surface area contributed by atoms with E-state index in [0.717, 1.165) is 30.4 Å². The van der Waals surface area contributed by atoms with Crippen molar-refractivity contribution in [2.75, 3.05) is 19.5 Å². The van der Waals surface area contributed by atoms with Crippen molar-refractivity contribution in [2.45, 2.75) is 52.1 Å². The van der Waals surface area contributed by atoms with Crippen LogP contribution in [-0.2, 0) is 9.53 Å². The first-order valence-corrected chi connectivity index (χ1v) is 14.2. The molecule has 39 heavy (non-hydrogen) atoms. The summed E-state index contributed by atoms with van der Waals surface area (Å²) in [6.45, 7) is 3.62. The third kappa shape index (κ3) is 7.82. The zero-order valence-corrected chi connectivity index (χ0v) is 24.7. The molecule has 2 N–H and O–H groups in total. The number of methoxy groups -OCH3 is 2. The maximum absolute atomic E-state index is 12.9. The summed E-state index contributed by atoms with van der Waals surface area (Å²) in [5, 5.41) is 14.5. The number of halogens is 2. The minimum atomic E-state index is -1.09. The molecule has 7 nitrogen and oxygen atoms in total. The first-order chi connectivity index (χ1) is 18.7. The molecule has 10 heteroatoms. The average molecular weight is 592 g/mol. The molecule has 0 unspecified atom stereocenters. The number of carbonyl (C=O) groups excluding carboxylic acids is 1. The molecule has 0 aliphatic heterocycles. The summed E-state index contributed by atoms with van der Waals surface area (Å²) in [7, 11) is 3.34. The van der Waals surface area contributed by atoms with Gasteiger partial charge in [0.05, 0.1) is 29.0 Å². The van der Waals surface area contributed by atoms with Crippen molar-refractivity contribution in [3.05, 3.63) is 68.0 Å². The molecule has 0 aliphatic carbocycles. The molecule has 0 radical (unpaired) electrons. The van der Waals surface area contributed by atoms with E-state index in [1.807, 2.05) is 23.6 Å². The number of anilines is 1. The van der Waals surface area contributed by atoms with Crippen LogP contribution in [-0.4, -0.2) is 36.2 Å². The number of para-hydroxylation sites is 1. The number of carboxylic acid groups (broad SMARTS) is 1. The lowest BCUT2D eigenvalue weighted by atomic mass is 9.98. The molecule has 208 valence electrons. The van der Waals surface area contributed by atoms with Crippen molar-refractivity contribution in [2.24, 2.45) is 0 Å². The fourth-order valence-corrected chi connectivity index (χ4v) is 5.45. The predicted molar refractivity (Wildman–Crippen MR) is 158 cm³/mol. The third-order valence-corrected chi connectivity index (χ3v) is 7.62. The molecule has 0 saturated heterocycles. The van der Waals surface area contributed by atoms with Gasteiger partial charge in [-0.05, 0) is 37.6 Å². The van der Waals surface area contributed by atoms with Crippen LogP contribution in [0.4, 0.5) is 5.13 Å². The molecular formula is C29H32Cl2N2O5S. The number of rotatable bonds is 13. The van der Waals surface area contributed by atoms with Gasteiger partial charge in [0.2, 0.25) is 0 Å². The highest BCUT2D eigenvalue weighted by Crippen LogP contribution is 2.40.